The van der Waals surface area contributed by atoms with Gasteiger partial charge in [-0.3, -0.25) is 4.79 Å². The largest absolute Gasteiger partial charge is 0.391 e. The SMILES string of the molecule is CCNc1cccc(C(=O)N2CC(O)CC2CN(C)C)n1. The van der Waals surface area contributed by atoms with Crippen LogP contribution in [0.1, 0.15) is 23.8 Å². The number of carbonyl (C=O) groups excluding carboxylic acids is 1. The molecule has 1 aromatic heterocycles. The van der Waals surface area contributed by atoms with Crippen LogP contribution in [0.2, 0.25) is 0 Å². The van der Waals surface area contributed by atoms with Gasteiger partial charge in [0.05, 0.1) is 6.10 Å². The quantitative estimate of drug-likeness (QED) is 0.834. The molecule has 1 amide bonds. The molecule has 2 rings (SSSR count). The van der Waals surface area contributed by atoms with Crippen molar-refractivity contribution in [1.82, 2.24) is 14.8 Å². The summed E-state index contributed by atoms with van der Waals surface area (Å²) in [5.74, 6) is 0.588. The third-order valence-corrected chi connectivity index (χ3v) is 3.56. The number of hydrogen-bond donors (Lipinski definition) is 2. The number of amides is 1. The number of likely N-dealkylation sites (N-methyl/N-ethyl adjacent to an activating group) is 1. The summed E-state index contributed by atoms with van der Waals surface area (Å²) in [5, 5.41) is 13.0. The minimum atomic E-state index is -0.448. The second-order valence-corrected chi connectivity index (χ2v) is 5.70. The minimum absolute atomic E-state index is 0.0343. The Bertz CT molecular complexity index is 492. The number of carbonyl (C=O) groups is 1. The Labute approximate surface area is 125 Å². The van der Waals surface area contributed by atoms with Gasteiger partial charge in [0.1, 0.15) is 11.5 Å². The third kappa shape index (κ3) is 3.92. The molecular formula is C15H24N4O2. The number of likely N-dealkylation sites (tertiary alicyclic amines) is 1. The van der Waals surface area contributed by atoms with Crippen molar-refractivity contribution in [1.29, 1.82) is 0 Å². The Morgan fingerprint density at radius 2 is 2.29 bits per heavy atom. The molecule has 1 saturated heterocycles. The number of aromatic nitrogens is 1. The van der Waals surface area contributed by atoms with Crippen LogP contribution in [0, 0.1) is 0 Å². The Hall–Kier alpha value is -1.66. The van der Waals surface area contributed by atoms with Gasteiger partial charge in [-0.25, -0.2) is 4.98 Å². The highest BCUT2D eigenvalue weighted by Crippen LogP contribution is 2.21. The van der Waals surface area contributed by atoms with E-state index in [1.807, 2.05) is 38.1 Å². The maximum atomic E-state index is 12.6. The zero-order chi connectivity index (χ0) is 15.4. The summed E-state index contributed by atoms with van der Waals surface area (Å²) in [6, 6.07) is 5.43. The van der Waals surface area contributed by atoms with Gasteiger partial charge in [0.25, 0.3) is 5.91 Å². The van der Waals surface area contributed by atoms with Crippen LogP contribution < -0.4 is 5.32 Å². The number of nitrogens with one attached hydrogen (secondary N) is 1. The maximum absolute atomic E-state index is 12.6. The van der Waals surface area contributed by atoms with Crippen LogP contribution in [-0.4, -0.2) is 71.7 Å². The lowest BCUT2D eigenvalue weighted by Crippen LogP contribution is -2.41. The summed E-state index contributed by atoms with van der Waals surface area (Å²) in [6.45, 7) is 3.87. The fourth-order valence-corrected chi connectivity index (χ4v) is 2.72. The lowest BCUT2D eigenvalue weighted by molar-refractivity contribution is 0.0693. The average molecular weight is 292 g/mol. The zero-order valence-electron chi connectivity index (χ0n) is 12.9. The second kappa shape index (κ2) is 6.87. The summed E-state index contributed by atoms with van der Waals surface area (Å²) in [4.78, 5) is 20.8. The monoisotopic (exact) mass is 292 g/mol. The molecule has 0 aliphatic carbocycles. The lowest BCUT2D eigenvalue weighted by atomic mass is 10.2. The van der Waals surface area contributed by atoms with E-state index in [4.69, 9.17) is 0 Å². The fourth-order valence-electron chi connectivity index (χ4n) is 2.72. The number of aliphatic hydroxyl groups is 1. The topological polar surface area (TPSA) is 68.7 Å². The predicted octanol–water partition coefficient (Wildman–Crippen LogP) is 0.650. The van der Waals surface area contributed by atoms with E-state index in [0.717, 1.165) is 13.1 Å². The van der Waals surface area contributed by atoms with Crippen LogP contribution in [0.25, 0.3) is 0 Å². The van der Waals surface area contributed by atoms with Crippen molar-refractivity contribution in [3.8, 4) is 0 Å². The van der Waals surface area contributed by atoms with E-state index < -0.39 is 6.10 Å². The van der Waals surface area contributed by atoms with E-state index in [1.54, 1.807) is 11.0 Å². The number of nitrogens with zero attached hydrogens (tertiary/aromatic N) is 3. The smallest absolute Gasteiger partial charge is 0.272 e. The average Bonchev–Trinajstić information content (AvgIpc) is 2.78. The molecule has 0 spiro atoms. The molecule has 1 fully saturated rings. The third-order valence-electron chi connectivity index (χ3n) is 3.56. The standard InChI is InChI=1S/C15H24N4O2/c1-4-16-14-7-5-6-13(17-14)15(21)19-10-12(20)8-11(19)9-18(2)3/h5-7,11-12,20H,4,8-10H2,1-3H3,(H,16,17). The number of pyridine rings is 1. The normalized spacial score (nSPS) is 21.9. The number of anilines is 1. The van der Waals surface area contributed by atoms with E-state index >= 15 is 0 Å². The van der Waals surface area contributed by atoms with Crippen molar-refractivity contribution < 1.29 is 9.90 Å². The highest BCUT2D eigenvalue weighted by molar-refractivity contribution is 5.93. The zero-order valence-corrected chi connectivity index (χ0v) is 12.9. The molecule has 2 heterocycles. The first-order chi connectivity index (χ1) is 10.0. The number of rotatable bonds is 5. The van der Waals surface area contributed by atoms with E-state index in [9.17, 15) is 9.90 Å². The molecule has 116 valence electrons. The Morgan fingerprint density at radius 3 is 2.95 bits per heavy atom. The summed E-state index contributed by atoms with van der Waals surface area (Å²) in [5.41, 5.74) is 0.423. The minimum Gasteiger partial charge on any atom is -0.391 e. The Morgan fingerprint density at radius 1 is 1.52 bits per heavy atom. The van der Waals surface area contributed by atoms with Gasteiger partial charge in [-0.05, 0) is 39.6 Å². The predicted molar refractivity (Wildman–Crippen MR) is 82.4 cm³/mol. The molecule has 1 aliphatic heterocycles. The molecule has 1 aliphatic rings. The van der Waals surface area contributed by atoms with Gasteiger partial charge < -0.3 is 20.2 Å². The lowest BCUT2D eigenvalue weighted by Gasteiger charge is -2.26. The number of hydrogen-bond acceptors (Lipinski definition) is 5. The fraction of sp³-hybridized carbons (Fsp3) is 0.600. The van der Waals surface area contributed by atoms with Gasteiger partial charge in [0, 0.05) is 25.7 Å². The first-order valence-corrected chi connectivity index (χ1v) is 7.36. The van der Waals surface area contributed by atoms with Crippen molar-refractivity contribution in [3.05, 3.63) is 23.9 Å². The van der Waals surface area contributed by atoms with Crippen LogP contribution in [0.5, 0.6) is 0 Å². The molecule has 2 atom stereocenters. The van der Waals surface area contributed by atoms with Gasteiger partial charge in [0.15, 0.2) is 0 Å². The molecule has 21 heavy (non-hydrogen) atoms. The molecule has 0 radical (unpaired) electrons. The van der Waals surface area contributed by atoms with Gasteiger partial charge in [-0.15, -0.1) is 0 Å². The van der Waals surface area contributed by atoms with Crippen LogP contribution in [-0.2, 0) is 0 Å². The molecule has 0 bridgehead atoms. The van der Waals surface area contributed by atoms with Crippen molar-refractivity contribution in [2.75, 3.05) is 39.0 Å². The van der Waals surface area contributed by atoms with E-state index in [0.29, 0.717) is 24.5 Å². The summed E-state index contributed by atoms with van der Waals surface area (Å²) in [7, 11) is 3.94. The summed E-state index contributed by atoms with van der Waals surface area (Å²) in [6.07, 6.45) is 0.174. The summed E-state index contributed by atoms with van der Waals surface area (Å²) < 4.78 is 0. The van der Waals surface area contributed by atoms with Gasteiger partial charge in [-0.1, -0.05) is 6.07 Å². The van der Waals surface area contributed by atoms with Crippen molar-refractivity contribution in [2.45, 2.75) is 25.5 Å². The Balaban J connectivity index is 2.15. The molecule has 1 aromatic rings. The maximum Gasteiger partial charge on any atom is 0.272 e. The van der Waals surface area contributed by atoms with Crippen molar-refractivity contribution in [3.63, 3.8) is 0 Å². The van der Waals surface area contributed by atoms with Crippen LogP contribution >= 0.6 is 0 Å². The molecule has 0 aromatic carbocycles. The second-order valence-electron chi connectivity index (χ2n) is 5.70. The molecular weight excluding hydrogens is 268 g/mol. The van der Waals surface area contributed by atoms with Gasteiger partial charge in [0.2, 0.25) is 0 Å². The molecule has 2 N–H and O–H groups in total. The highest BCUT2D eigenvalue weighted by Gasteiger charge is 2.35. The van der Waals surface area contributed by atoms with Crippen LogP contribution in [0.15, 0.2) is 18.2 Å². The van der Waals surface area contributed by atoms with Crippen molar-refractivity contribution in [2.24, 2.45) is 0 Å². The van der Waals surface area contributed by atoms with E-state index in [-0.39, 0.29) is 11.9 Å². The van der Waals surface area contributed by atoms with Gasteiger partial charge in [-0.2, -0.15) is 0 Å². The highest BCUT2D eigenvalue weighted by atomic mass is 16.3. The van der Waals surface area contributed by atoms with Crippen molar-refractivity contribution >= 4 is 11.7 Å². The van der Waals surface area contributed by atoms with Gasteiger partial charge >= 0.3 is 0 Å². The first-order valence-electron chi connectivity index (χ1n) is 7.36. The van der Waals surface area contributed by atoms with E-state index in [1.165, 1.54) is 0 Å². The molecule has 2 unspecified atom stereocenters. The van der Waals surface area contributed by atoms with Crippen LogP contribution in [0.4, 0.5) is 5.82 Å². The number of β-amino-alcohol motifs (C(OH)–C–C–N with tert-alkyl or cyclic N) is 1. The molecule has 6 nitrogen and oxygen atoms in total. The van der Waals surface area contributed by atoms with E-state index in [2.05, 4.69) is 10.3 Å². The first kappa shape index (κ1) is 15.7. The number of aliphatic hydroxyl groups excluding tert-OH is 1. The molecule has 6 heteroatoms. The van der Waals surface area contributed by atoms with Crippen LogP contribution in [0.3, 0.4) is 0 Å². The Kier molecular flexibility index (Phi) is 5.14. The summed E-state index contributed by atoms with van der Waals surface area (Å²) >= 11 is 0. The molecule has 0 saturated carbocycles.